The molecule has 47 heavy (non-hydrogen) atoms. The Hall–Kier alpha value is -4.71. The van der Waals surface area contributed by atoms with Crippen LogP contribution in [-0.4, -0.2) is 54.8 Å². The van der Waals surface area contributed by atoms with Crippen molar-refractivity contribution in [2.24, 2.45) is 11.1 Å². The van der Waals surface area contributed by atoms with Crippen LogP contribution in [-0.2, 0) is 22.7 Å². The molecule has 0 bridgehead atoms. The lowest BCUT2D eigenvalue weighted by atomic mass is 9.90. The second kappa shape index (κ2) is 14.0. The zero-order valence-corrected chi connectivity index (χ0v) is 27.1. The molecule has 0 spiro atoms. The molecular formula is C35H36ClN5O6. The fourth-order valence-electron chi connectivity index (χ4n) is 5.23. The highest BCUT2D eigenvalue weighted by atomic mass is 35.5. The Balaban J connectivity index is 1.48. The van der Waals surface area contributed by atoms with Crippen LogP contribution in [0.3, 0.4) is 0 Å². The number of ether oxygens (including phenoxy) is 1. The fraction of sp³-hybridized carbons (Fsp3) is 0.314. The number of amides is 2. The van der Waals surface area contributed by atoms with Crippen molar-refractivity contribution in [3.05, 3.63) is 111 Å². The van der Waals surface area contributed by atoms with Crippen LogP contribution in [0.4, 0.5) is 0 Å². The standard InChI is InChI=1S/C35H36ClN5O6/c1-35(2,3)33(46)40-19-24(16-17-27(40)42)31-38-34(47-20-22-14-12-21(18-37)13-15-22)41(39-31)32(45)26-11-7-10-25(28(26)36)30(44)29(43)23-8-5-4-6-9-23/h4-15,24,30,44H,16-20,37H2,1-3H3. The molecule has 2 heterocycles. The highest BCUT2D eigenvalue weighted by Gasteiger charge is 2.38. The van der Waals surface area contributed by atoms with Crippen molar-refractivity contribution in [3.8, 4) is 6.01 Å². The van der Waals surface area contributed by atoms with E-state index in [1.165, 1.54) is 23.1 Å². The topological polar surface area (TPSA) is 158 Å². The number of aliphatic hydroxyl groups excluding tert-OH is 1. The Kier molecular flexibility index (Phi) is 9.99. The highest BCUT2D eigenvalue weighted by molar-refractivity contribution is 6.35. The molecule has 3 aromatic carbocycles. The van der Waals surface area contributed by atoms with Gasteiger partial charge in [0.15, 0.2) is 11.6 Å². The third kappa shape index (κ3) is 7.32. The molecule has 2 atom stereocenters. The summed E-state index contributed by atoms with van der Waals surface area (Å²) in [5, 5.41) is 15.3. The van der Waals surface area contributed by atoms with Gasteiger partial charge < -0.3 is 15.6 Å². The molecule has 3 N–H and O–H groups in total. The highest BCUT2D eigenvalue weighted by Crippen LogP contribution is 2.33. The summed E-state index contributed by atoms with van der Waals surface area (Å²) in [5.41, 5.74) is 6.97. The minimum Gasteiger partial charge on any atom is -0.458 e. The van der Waals surface area contributed by atoms with Crippen LogP contribution in [0.1, 0.15) is 88.9 Å². The van der Waals surface area contributed by atoms with Crippen LogP contribution < -0.4 is 10.5 Å². The number of aliphatic hydroxyl groups is 1. The Morgan fingerprint density at radius 2 is 1.70 bits per heavy atom. The second-order valence-corrected chi connectivity index (χ2v) is 12.8. The van der Waals surface area contributed by atoms with Crippen LogP contribution in [0.15, 0.2) is 72.8 Å². The number of hydrogen-bond donors (Lipinski definition) is 2. The minimum absolute atomic E-state index is 0.0407. The number of piperidine rings is 1. The summed E-state index contributed by atoms with van der Waals surface area (Å²) < 4.78 is 7.00. The molecule has 0 aliphatic carbocycles. The van der Waals surface area contributed by atoms with Crippen molar-refractivity contribution in [1.29, 1.82) is 0 Å². The number of nitrogens with two attached hydrogens (primary N) is 1. The van der Waals surface area contributed by atoms with Crippen molar-refractivity contribution in [3.63, 3.8) is 0 Å². The number of nitrogens with zero attached hydrogens (tertiary/aromatic N) is 4. The first-order valence-corrected chi connectivity index (χ1v) is 15.6. The summed E-state index contributed by atoms with van der Waals surface area (Å²) in [7, 11) is 0. The van der Waals surface area contributed by atoms with E-state index in [2.05, 4.69) is 10.1 Å². The Morgan fingerprint density at radius 1 is 1.02 bits per heavy atom. The van der Waals surface area contributed by atoms with Gasteiger partial charge in [0.2, 0.25) is 11.8 Å². The molecule has 1 aromatic heterocycles. The molecule has 1 fully saturated rings. The van der Waals surface area contributed by atoms with Gasteiger partial charge in [0, 0.05) is 42.0 Å². The van der Waals surface area contributed by atoms with E-state index in [9.17, 15) is 24.3 Å². The molecule has 5 rings (SSSR count). The van der Waals surface area contributed by atoms with Gasteiger partial charge in [0.25, 0.3) is 5.91 Å². The first-order valence-electron chi connectivity index (χ1n) is 15.2. The maximum atomic E-state index is 14.0. The lowest BCUT2D eigenvalue weighted by Gasteiger charge is -2.33. The van der Waals surface area contributed by atoms with Crippen molar-refractivity contribution >= 4 is 35.1 Å². The summed E-state index contributed by atoms with van der Waals surface area (Å²) >= 11 is 6.67. The van der Waals surface area contributed by atoms with Gasteiger partial charge in [-0.3, -0.25) is 24.1 Å². The molecule has 2 amide bonds. The van der Waals surface area contributed by atoms with Crippen LogP contribution in [0, 0.1) is 5.41 Å². The number of carbonyl (C=O) groups excluding carboxylic acids is 4. The molecule has 11 nitrogen and oxygen atoms in total. The van der Waals surface area contributed by atoms with Gasteiger partial charge in [-0.1, -0.05) is 99.1 Å². The zero-order chi connectivity index (χ0) is 33.9. The predicted molar refractivity (Wildman–Crippen MR) is 174 cm³/mol. The number of halogens is 1. The molecule has 1 saturated heterocycles. The Morgan fingerprint density at radius 3 is 2.36 bits per heavy atom. The maximum absolute atomic E-state index is 14.0. The molecule has 1 aliphatic rings. The fourth-order valence-corrected chi connectivity index (χ4v) is 5.54. The predicted octanol–water partition coefficient (Wildman–Crippen LogP) is 4.85. The van der Waals surface area contributed by atoms with E-state index in [1.807, 2.05) is 24.3 Å². The first kappa shape index (κ1) is 33.6. The van der Waals surface area contributed by atoms with Gasteiger partial charge in [0.1, 0.15) is 12.7 Å². The molecule has 0 radical (unpaired) electrons. The summed E-state index contributed by atoms with van der Waals surface area (Å²) in [6.45, 7) is 5.71. The Bertz CT molecular complexity index is 1800. The number of ketones is 1. The molecule has 4 aromatic rings. The largest absolute Gasteiger partial charge is 0.458 e. The van der Waals surface area contributed by atoms with E-state index in [0.717, 1.165) is 15.8 Å². The smallest absolute Gasteiger partial charge is 0.323 e. The number of likely N-dealkylation sites (tertiary alicyclic amines) is 1. The van der Waals surface area contributed by atoms with E-state index in [1.54, 1.807) is 51.1 Å². The SMILES string of the molecule is CC(C)(C)C(=O)N1CC(c2nc(OCc3ccc(CN)cc3)n(C(=O)c3cccc(C(O)C(=O)c4ccccc4)c3Cl)n2)CCC1=O. The number of carbonyl (C=O) groups is 4. The zero-order valence-electron chi connectivity index (χ0n) is 26.4. The monoisotopic (exact) mass is 657 g/mol. The lowest BCUT2D eigenvalue weighted by molar-refractivity contribution is -0.152. The van der Waals surface area contributed by atoms with Crippen molar-refractivity contribution < 1.29 is 29.0 Å². The normalized spacial score (nSPS) is 15.7. The number of hydrogen-bond acceptors (Lipinski definition) is 9. The van der Waals surface area contributed by atoms with E-state index in [4.69, 9.17) is 22.1 Å². The minimum atomic E-state index is -1.62. The summed E-state index contributed by atoms with van der Waals surface area (Å²) in [6.07, 6.45) is -1.14. The molecule has 244 valence electrons. The van der Waals surface area contributed by atoms with E-state index >= 15 is 0 Å². The average Bonchev–Trinajstić information content (AvgIpc) is 3.51. The summed E-state index contributed by atoms with van der Waals surface area (Å²) in [6, 6.07) is 20.0. The van der Waals surface area contributed by atoms with Gasteiger partial charge in [-0.05, 0) is 23.6 Å². The summed E-state index contributed by atoms with van der Waals surface area (Å²) in [5.74, 6) is -2.11. The number of rotatable bonds is 9. The lowest BCUT2D eigenvalue weighted by Crippen LogP contribution is -2.48. The molecule has 12 heteroatoms. The molecular weight excluding hydrogens is 622 g/mol. The van der Waals surface area contributed by atoms with Gasteiger partial charge in [-0.2, -0.15) is 4.98 Å². The Labute approximate surface area is 277 Å². The van der Waals surface area contributed by atoms with Crippen molar-refractivity contribution in [2.75, 3.05) is 6.54 Å². The van der Waals surface area contributed by atoms with Gasteiger partial charge in [0.05, 0.1) is 10.6 Å². The van der Waals surface area contributed by atoms with Crippen LogP contribution in [0.5, 0.6) is 6.01 Å². The number of benzene rings is 3. The number of aromatic nitrogens is 3. The summed E-state index contributed by atoms with van der Waals surface area (Å²) in [4.78, 5) is 58.6. The van der Waals surface area contributed by atoms with Crippen LogP contribution >= 0.6 is 11.6 Å². The molecule has 2 unspecified atom stereocenters. The van der Waals surface area contributed by atoms with Crippen molar-refractivity contribution in [1.82, 2.24) is 19.7 Å². The first-order chi connectivity index (χ1) is 22.4. The maximum Gasteiger partial charge on any atom is 0.323 e. The van der Waals surface area contributed by atoms with Gasteiger partial charge >= 0.3 is 6.01 Å². The number of Topliss-reactive ketones (excluding diaryl/α,β-unsaturated/α-hetero) is 1. The quantitative estimate of drug-likeness (QED) is 0.240. The van der Waals surface area contributed by atoms with Gasteiger partial charge in [-0.15, -0.1) is 9.78 Å². The molecule has 1 aliphatic heterocycles. The third-order valence-corrected chi connectivity index (χ3v) is 8.36. The third-order valence-electron chi connectivity index (χ3n) is 7.94. The van der Waals surface area contributed by atoms with E-state index < -0.39 is 29.1 Å². The average molecular weight is 658 g/mol. The van der Waals surface area contributed by atoms with Crippen LogP contribution in [0.25, 0.3) is 0 Å². The van der Waals surface area contributed by atoms with Gasteiger partial charge in [-0.25, -0.2) is 0 Å². The van der Waals surface area contributed by atoms with E-state index in [0.29, 0.717) is 13.0 Å². The van der Waals surface area contributed by atoms with Crippen LogP contribution in [0.2, 0.25) is 5.02 Å². The second-order valence-electron chi connectivity index (χ2n) is 12.4. The molecule has 0 saturated carbocycles. The van der Waals surface area contributed by atoms with Crippen molar-refractivity contribution in [2.45, 2.75) is 58.8 Å². The number of imide groups is 1. The van der Waals surface area contributed by atoms with E-state index in [-0.39, 0.29) is 64.9 Å².